The van der Waals surface area contributed by atoms with Crippen molar-refractivity contribution < 1.29 is 23.1 Å². The van der Waals surface area contributed by atoms with E-state index in [-0.39, 0.29) is 17.3 Å². The molecule has 0 saturated heterocycles. The van der Waals surface area contributed by atoms with Gasteiger partial charge in [0.25, 0.3) is 0 Å². The van der Waals surface area contributed by atoms with Crippen molar-refractivity contribution in [3.05, 3.63) is 34.9 Å². The van der Waals surface area contributed by atoms with E-state index < -0.39 is 18.7 Å². The van der Waals surface area contributed by atoms with E-state index in [1.807, 2.05) is 0 Å². The number of carboxylic acid groups (broad SMARTS) is 1. The standard InChI is InChI=1S/C13H13ClF3NO2/c1-2-18(8-13(15,16)17)11-5-3-9(7-10(11)14)4-6-12(19)20/h3-7H,2,8H2,1H3,(H,19,20)/b6-4+. The van der Waals surface area contributed by atoms with E-state index in [1.54, 1.807) is 6.92 Å². The van der Waals surface area contributed by atoms with E-state index in [9.17, 15) is 18.0 Å². The topological polar surface area (TPSA) is 40.5 Å². The van der Waals surface area contributed by atoms with Crippen LogP contribution in [0.25, 0.3) is 6.08 Å². The molecule has 0 fully saturated rings. The predicted molar refractivity (Wildman–Crippen MR) is 72.1 cm³/mol. The lowest BCUT2D eigenvalue weighted by Gasteiger charge is -2.25. The molecule has 0 spiro atoms. The molecule has 0 bridgehead atoms. The van der Waals surface area contributed by atoms with E-state index in [4.69, 9.17) is 16.7 Å². The lowest BCUT2D eigenvalue weighted by Crippen LogP contribution is -2.34. The number of halogens is 4. The second-order valence-corrected chi connectivity index (χ2v) is 4.42. The van der Waals surface area contributed by atoms with Crippen molar-refractivity contribution in [1.29, 1.82) is 0 Å². The molecule has 20 heavy (non-hydrogen) atoms. The zero-order valence-electron chi connectivity index (χ0n) is 10.6. The minimum Gasteiger partial charge on any atom is -0.478 e. The van der Waals surface area contributed by atoms with Gasteiger partial charge < -0.3 is 10.0 Å². The van der Waals surface area contributed by atoms with Crippen LogP contribution in [0.5, 0.6) is 0 Å². The third kappa shape index (κ3) is 5.13. The predicted octanol–water partition coefficient (Wildman–Crippen LogP) is 3.83. The van der Waals surface area contributed by atoms with Gasteiger partial charge >= 0.3 is 12.1 Å². The summed E-state index contributed by atoms with van der Waals surface area (Å²) in [7, 11) is 0. The number of hydrogen-bond donors (Lipinski definition) is 1. The first-order chi connectivity index (χ1) is 9.23. The number of carboxylic acids is 1. The smallest absolute Gasteiger partial charge is 0.405 e. The van der Waals surface area contributed by atoms with Gasteiger partial charge in [0.2, 0.25) is 0 Å². The number of nitrogens with zero attached hydrogens (tertiary/aromatic N) is 1. The third-order valence-corrected chi connectivity index (χ3v) is 2.79. The highest BCUT2D eigenvalue weighted by Gasteiger charge is 2.30. The third-order valence-electron chi connectivity index (χ3n) is 2.48. The normalized spacial score (nSPS) is 11.8. The van der Waals surface area contributed by atoms with Crippen LogP contribution in [0.15, 0.2) is 24.3 Å². The quantitative estimate of drug-likeness (QED) is 0.841. The molecule has 0 saturated carbocycles. The number of carbonyl (C=O) groups is 1. The summed E-state index contributed by atoms with van der Waals surface area (Å²) in [6.07, 6.45) is -2.07. The fourth-order valence-electron chi connectivity index (χ4n) is 1.63. The van der Waals surface area contributed by atoms with Crippen LogP contribution in [0.4, 0.5) is 18.9 Å². The molecule has 0 atom stereocenters. The first kappa shape index (κ1) is 16.4. The van der Waals surface area contributed by atoms with Gasteiger partial charge in [-0.2, -0.15) is 13.2 Å². The molecule has 110 valence electrons. The summed E-state index contributed by atoms with van der Waals surface area (Å²) >= 11 is 5.96. The maximum atomic E-state index is 12.4. The molecule has 0 aliphatic carbocycles. The van der Waals surface area contributed by atoms with Crippen molar-refractivity contribution in [3.8, 4) is 0 Å². The Bertz CT molecular complexity index is 515. The Labute approximate surface area is 119 Å². The van der Waals surface area contributed by atoms with E-state index in [0.29, 0.717) is 5.56 Å². The number of alkyl halides is 3. The van der Waals surface area contributed by atoms with Gasteiger partial charge in [0.05, 0.1) is 10.7 Å². The number of anilines is 1. The van der Waals surface area contributed by atoms with Crippen molar-refractivity contribution >= 4 is 29.3 Å². The summed E-state index contributed by atoms with van der Waals surface area (Å²) in [5.74, 6) is -1.11. The molecule has 0 aliphatic heterocycles. The molecule has 0 aliphatic rings. The monoisotopic (exact) mass is 307 g/mol. The molecule has 7 heteroatoms. The molecule has 0 aromatic heterocycles. The van der Waals surface area contributed by atoms with Gasteiger partial charge in [0, 0.05) is 12.6 Å². The molecule has 0 radical (unpaired) electrons. The maximum absolute atomic E-state index is 12.4. The van der Waals surface area contributed by atoms with Gasteiger partial charge in [-0.1, -0.05) is 17.7 Å². The van der Waals surface area contributed by atoms with Gasteiger partial charge in [0.15, 0.2) is 0 Å². The molecule has 0 unspecified atom stereocenters. The molecule has 1 aromatic carbocycles. The molecule has 1 N–H and O–H groups in total. The second kappa shape index (κ2) is 6.65. The van der Waals surface area contributed by atoms with Crippen LogP contribution in [-0.4, -0.2) is 30.3 Å². The summed E-state index contributed by atoms with van der Waals surface area (Å²) in [5.41, 5.74) is 0.767. The highest BCUT2D eigenvalue weighted by atomic mass is 35.5. The number of benzene rings is 1. The van der Waals surface area contributed by atoms with Gasteiger partial charge in [-0.25, -0.2) is 4.79 Å². The van der Waals surface area contributed by atoms with Crippen molar-refractivity contribution in [2.24, 2.45) is 0 Å². The Morgan fingerprint density at radius 2 is 2.10 bits per heavy atom. The van der Waals surface area contributed by atoms with Crippen LogP contribution in [-0.2, 0) is 4.79 Å². The van der Waals surface area contributed by atoms with Gasteiger partial charge in [-0.3, -0.25) is 0 Å². The first-order valence-corrected chi connectivity index (χ1v) is 6.13. The second-order valence-electron chi connectivity index (χ2n) is 4.01. The minimum atomic E-state index is -4.32. The van der Waals surface area contributed by atoms with Crippen LogP contribution in [0.2, 0.25) is 5.02 Å². The Morgan fingerprint density at radius 3 is 2.55 bits per heavy atom. The van der Waals surface area contributed by atoms with E-state index in [0.717, 1.165) is 11.0 Å². The average Bonchev–Trinajstić information content (AvgIpc) is 2.33. The molecular formula is C13H13ClF3NO2. The summed E-state index contributed by atoms with van der Waals surface area (Å²) in [6, 6.07) is 4.38. The maximum Gasteiger partial charge on any atom is 0.405 e. The number of hydrogen-bond acceptors (Lipinski definition) is 2. The molecule has 1 rings (SSSR count). The lowest BCUT2D eigenvalue weighted by molar-refractivity contribution is -0.131. The van der Waals surface area contributed by atoms with Crippen molar-refractivity contribution in [2.75, 3.05) is 18.0 Å². The number of rotatable bonds is 5. The highest BCUT2D eigenvalue weighted by molar-refractivity contribution is 6.33. The zero-order valence-corrected chi connectivity index (χ0v) is 11.4. The Morgan fingerprint density at radius 1 is 1.45 bits per heavy atom. The fraction of sp³-hybridized carbons (Fsp3) is 0.308. The minimum absolute atomic E-state index is 0.142. The van der Waals surface area contributed by atoms with Gasteiger partial charge in [-0.05, 0) is 30.7 Å². The SMILES string of the molecule is CCN(CC(F)(F)F)c1ccc(/C=C/C(=O)O)cc1Cl. The summed E-state index contributed by atoms with van der Waals surface area (Å²) in [5, 5.41) is 8.64. The highest BCUT2D eigenvalue weighted by Crippen LogP contribution is 2.29. The van der Waals surface area contributed by atoms with Crippen LogP contribution >= 0.6 is 11.6 Å². The van der Waals surface area contributed by atoms with E-state index in [2.05, 4.69) is 0 Å². The van der Waals surface area contributed by atoms with E-state index >= 15 is 0 Å². The van der Waals surface area contributed by atoms with Crippen LogP contribution in [0.1, 0.15) is 12.5 Å². The Kier molecular flexibility index (Phi) is 5.44. The molecular weight excluding hydrogens is 295 g/mol. The van der Waals surface area contributed by atoms with Crippen molar-refractivity contribution in [2.45, 2.75) is 13.1 Å². The summed E-state index contributed by atoms with van der Waals surface area (Å²) < 4.78 is 37.3. The zero-order chi connectivity index (χ0) is 15.3. The molecule has 1 aromatic rings. The Hall–Kier alpha value is -1.69. The molecule has 0 amide bonds. The average molecular weight is 308 g/mol. The van der Waals surface area contributed by atoms with Crippen molar-refractivity contribution in [3.63, 3.8) is 0 Å². The molecule has 3 nitrogen and oxygen atoms in total. The van der Waals surface area contributed by atoms with Crippen LogP contribution in [0, 0.1) is 0 Å². The largest absolute Gasteiger partial charge is 0.478 e. The summed E-state index contributed by atoms with van der Waals surface area (Å²) in [6.45, 7) is 0.664. The van der Waals surface area contributed by atoms with Gasteiger partial charge in [0.1, 0.15) is 6.54 Å². The lowest BCUT2D eigenvalue weighted by atomic mass is 10.1. The first-order valence-electron chi connectivity index (χ1n) is 5.75. The van der Waals surface area contributed by atoms with E-state index in [1.165, 1.54) is 24.3 Å². The fourth-order valence-corrected chi connectivity index (χ4v) is 1.94. The molecule has 0 heterocycles. The number of aliphatic carboxylic acids is 1. The summed E-state index contributed by atoms with van der Waals surface area (Å²) in [4.78, 5) is 11.5. The van der Waals surface area contributed by atoms with Crippen molar-refractivity contribution in [1.82, 2.24) is 0 Å². The van der Waals surface area contributed by atoms with Crippen LogP contribution in [0.3, 0.4) is 0 Å². The van der Waals surface area contributed by atoms with Gasteiger partial charge in [-0.15, -0.1) is 0 Å². The van der Waals surface area contributed by atoms with Crippen LogP contribution < -0.4 is 4.90 Å². The Balaban J connectivity index is 2.99.